The van der Waals surface area contributed by atoms with E-state index in [4.69, 9.17) is 9.47 Å². The van der Waals surface area contributed by atoms with Gasteiger partial charge in [-0.3, -0.25) is 5.32 Å². The minimum atomic E-state index is -0.560. The summed E-state index contributed by atoms with van der Waals surface area (Å²) in [6.07, 6.45) is 3.14. The molecule has 1 aromatic carbocycles. The summed E-state index contributed by atoms with van der Waals surface area (Å²) >= 11 is 0. The number of aliphatic hydroxyl groups excluding tert-OH is 1. The van der Waals surface area contributed by atoms with E-state index in [0.29, 0.717) is 12.5 Å². The molecule has 6 heteroatoms. The Morgan fingerprint density at radius 2 is 2.00 bits per heavy atom. The molecular formula is C23H38N2O4. The molecule has 0 saturated carbocycles. The van der Waals surface area contributed by atoms with Crippen molar-refractivity contribution in [2.75, 3.05) is 36.6 Å². The van der Waals surface area contributed by atoms with E-state index in [0.717, 1.165) is 56.0 Å². The van der Waals surface area contributed by atoms with Crippen LogP contribution < -0.4 is 10.2 Å². The molecule has 1 saturated heterocycles. The Bertz CT molecular complexity index is 651. The summed E-state index contributed by atoms with van der Waals surface area (Å²) in [7, 11) is 0. The van der Waals surface area contributed by atoms with E-state index >= 15 is 0 Å². The maximum Gasteiger partial charge on any atom is 0.412 e. The number of ether oxygens (including phenoxy) is 2. The van der Waals surface area contributed by atoms with Crippen molar-refractivity contribution < 1.29 is 19.4 Å². The van der Waals surface area contributed by atoms with E-state index in [9.17, 15) is 9.90 Å². The van der Waals surface area contributed by atoms with Crippen LogP contribution in [0.5, 0.6) is 0 Å². The first-order valence-corrected chi connectivity index (χ1v) is 10.9. The highest BCUT2D eigenvalue weighted by Crippen LogP contribution is 2.35. The van der Waals surface area contributed by atoms with Gasteiger partial charge in [-0.2, -0.15) is 0 Å². The first-order valence-electron chi connectivity index (χ1n) is 10.9. The number of rotatable bonds is 8. The molecule has 1 aliphatic rings. The number of hydrogen-bond acceptors (Lipinski definition) is 5. The van der Waals surface area contributed by atoms with E-state index in [-0.39, 0.29) is 12.5 Å². The third-order valence-electron chi connectivity index (χ3n) is 5.38. The van der Waals surface area contributed by atoms with Gasteiger partial charge < -0.3 is 19.5 Å². The van der Waals surface area contributed by atoms with Crippen LogP contribution in [0, 0.1) is 0 Å². The van der Waals surface area contributed by atoms with Crippen molar-refractivity contribution in [2.24, 2.45) is 0 Å². The first kappa shape index (κ1) is 23.5. The lowest BCUT2D eigenvalue weighted by atomic mass is 9.92. The number of aliphatic hydroxyl groups is 1. The Balaban J connectivity index is 2.37. The van der Waals surface area contributed by atoms with Crippen molar-refractivity contribution >= 4 is 17.5 Å². The number of carbonyl (C=O) groups excluding carboxylic acids is 1. The van der Waals surface area contributed by atoms with Gasteiger partial charge in [0.15, 0.2) is 0 Å². The van der Waals surface area contributed by atoms with Crippen LogP contribution in [0.15, 0.2) is 18.2 Å². The van der Waals surface area contributed by atoms with Gasteiger partial charge in [0, 0.05) is 32.4 Å². The summed E-state index contributed by atoms with van der Waals surface area (Å²) in [5.74, 6) is 0.256. The van der Waals surface area contributed by atoms with E-state index < -0.39 is 11.7 Å². The number of anilines is 2. The summed E-state index contributed by atoms with van der Waals surface area (Å²) < 4.78 is 11.0. The Morgan fingerprint density at radius 3 is 2.55 bits per heavy atom. The van der Waals surface area contributed by atoms with Gasteiger partial charge in [-0.15, -0.1) is 0 Å². The highest BCUT2D eigenvalue weighted by atomic mass is 16.6. The monoisotopic (exact) mass is 406 g/mol. The van der Waals surface area contributed by atoms with Crippen LogP contribution in [0.2, 0.25) is 0 Å². The average molecular weight is 407 g/mol. The van der Waals surface area contributed by atoms with Gasteiger partial charge in [-0.05, 0) is 77.0 Å². The Hall–Kier alpha value is -1.79. The Labute approximate surface area is 175 Å². The molecule has 0 aromatic heterocycles. The molecule has 1 heterocycles. The number of hydrogen-bond donors (Lipinski definition) is 2. The molecule has 1 aliphatic heterocycles. The predicted molar refractivity (Wildman–Crippen MR) is 118 cm³/mol. The Morgan fingerprint density at radius 1 is 1.31 bits per heavy atom. The summed E-state index contributed by atoms with van der Waals surface area (Å²) in [6.45, 7) is 12.4. The molecule has 1 amide bonds. The van der Waals surface area contributed by atoms with E-state index in [2.05, 4.69) is 36.2 Å². The largest absolute Gasteiger partial charge is 0.444 e. The van der Waals surface area contributed by atoms with Gasteiger partial charge in [0.2, 0.25) is 0 Å². The van der Waals surface area contributed by atoms with Crippen molar-refractivity contribution in [3.05, 3.63) is 23.8 Å². The zero-order valence-electron chi connectivity index (χ0n) is 18.7. The van der Waals surface area contributed by atoms with E-state index in [1.807, 2.05) is 26.8 Å². The second-order valence-electron chi connectivity index (χ2n) is 8.65. The molecule has 0 unspecified atom stereocenters. The fourth-order valence-corrected chi connectivity index (χ4v) is 3.96. The molecule has 2 rings (SSSR count). The molecule has 1 aromatic rings. The average Bonchev–Trinajstić information content (AvgIpc) is 2.67. The van der Waals surface area contributed by atoms with Crippen LogP contribution in [0.3, 0.4) is 0 Å². The SMILES string of the molecule is CC[C@H](CCO)c1ccc(N(CC)C2CCOCC2)c(NC(=O)OC(C)(C)C)c1. The third-order valence-corrected chi connectivity index (χ3v) is 5.38. The van der Waals surface area contributed by atoms with E-state index in [1.54, 1.807) is 0 Å². The predicted octanol–water partition coefficient (Wildman–Crippen LogP) is 4.91. The molecule has 6 nitrogen and oxygen atoms in total. The maximum absolute atomic E-state index is 12.5. The lowest BCUT2D eigenvalue weighted by molar-refractivity contribution is 0.0635. The topological polar surface area (TPSA) is 71.0 Å². The minimum Gasteiger partial charge on any atom is -0.444 e. The molecule has 1 fully saturated rings. The van der Waals surface area contributed by atoms with Crippen LogP contribution in [-0.2, 0) is 9.47 Å². The van der Waals surface area contributed by atoms with Crippen molar-refractivity contribution in [3.63, 3.8) is 0 Å². The molecule has 0 spiro atoms. The van der Waals surface area contributed by atoms with Crippen LogP contribution >= 0.6 is 0 Å². The van der Waals surface area contributed by atoms with E-state index in [1.165, 1.54) is 0 Å². The molecule has 0 radical (unpaired) electrons. The van der Waals surface area contributed by atoms with Crippen molar-refractivity contribution in [1.82, 2.24) is 0 Å². The zero-order chi connectivity index (χ0) is 21.4. The molecule has 164 valence electrons. The summed E-state index contributed by atoms with van der Waals surface area (Å²) in [6, 6.07) is 6.66. The van der Waals surface area contributed by atoms with Crippen LogP contribution in [-0.4, -0.2) is 49.2 Å². The van der Waals surface area contributed by atoms with Crippen molar-refractivity contribution in [2.45, 2.75) is 77.9 Å². The minimum absolute atomic E-state index is 0.151. The molecule has 2 N–H and O–H groups in total. The van der Waals surface area contributed by atoms with Gasteiger partial charge in [0.25, 0.3) is 0 Å². The summed E-state index contributed by atoms with van der Waals surface area (Å²) in [5.41, 5.74) is 2.34. The first-order chi connectivity index (χ1) is 13.8. The van der Waals surface area contributed by atoms with Gasteiger partial charge in [0.1, 0.15) is 5.60 Å². The number of carbonyl (C=O) groups is 1. The summed E-state index contributed by atoms with van der Waals surface area (Å²) in [4.78, 5) is 14.9. The quantitative estimate of drug-likeness (QED) is 0.641. The fourth-order valence-electron chi connectivity index (χ4n) is 3.96. The second-order valence-corrected chi connectivity index (χ2v) is 8.65. The lowest BCUT2D eigenvalue weighted by Crippen LogP contribution is -2.40. The fraction of sp³-hybridized carbons (Fsp3) is 0.696. The number of nitrogens with zero attached hydrogens (tertiary/aromatic N) is 1. The van der Waals surface area contributed by atoms with Crippen molar-refractivity contribution in [3.8, 4) is 0 Å². The summed E-state index contributed by atoms with van der Waals surface area (Å²) in [5, 5.41) is 12.4. The standard InChI is InChI=1S/C23H38N2O4/c1-6-17(10-13-26)18-8-9-21(25(7-2)19-11-14-28-15-12-19)20(16-18)24-22(27)29-23(3,4)5/h8-9,16-17,19,26H,6-7,10-15H2,1-5H3,(H,24,27)/t17-/m1/s1. The molecule has 29 heavy (non-hydrogen) atoms. The van der Waals surface area contributed by atoms with Crippen LogP contribution in [0.1, 0.15) is 71.8 Å². The number of amides is 1. The molecule has 0 bridgehead atoms. The van der Waals surface area contributed by atoms with Gasteiger partial charge in [-0.25, -0.2) is 4.79 Å². The van der Waals surface area contributed by atoms with Gasteiger partial charge in [0.05, 0.1) is 11.4 Å². The number of benzene rings is 1. The molecule has 0 aliphatic carbocycles. The normalized spacial score (nSPS) is 16.3. The third kappa shape index (κ3) is 6.89. The van der Waals surface area contributed by atoms with Crippen LogP contribution in [0.25, 0.3) is 0 Å². The second kappa shape index (κ2) is 10.8. The smallest absolute Gasteiger partial charge is 0.412 e. The van der Waals surface area contributed by atoms with Crippen LogP contribution in [0.4, 0.5) is 16.2 Å². The van der Waals surface area contributed by atoms with Gasteiger partial charge in [-0.1, -0.05) is 13.0 Å². The highest BCUT2D eigenvalue weighted by Gasteiger charge is 2.25. The highest BCUT2D eigenvalue weighted by molar-refractivity contribution is 5.90. The van der Waals surface area contributed by atoms with Gasteiger partial charge >= 0.3 is 6.09 Å². The Kier molecular flexibility index (Phi) is 8.78. The lowest BCUT2D eigenvalue weighted by Gasteiger charge is -2.36. The zero-order valence-corrected chi connectivity index (χ0v) is 18.7. The molecule has 1 atom stereocenters. The number of nitrogens with one attached hydrogen (secondary N) is 1. The van der Waals surface area contributed by atoms with Crippen molar-refractivity contribution in [1.29, 1.82) is 0 Å². The maximum atomic E-state index is 12.5. The molecular weight excluding hydrogens is 368 g/mol.